The number of alkyl carbamates (subject to hydrolysis) is 1. The number of carbonyl (C=O) groups excluding carboxylic acids is 1. The van der Waals surface area contributed by atoms with E-state index < -0.39 is 17.7 Å². The normalized spacial score (nSPS) is 10.8. The zero-order valence-corrected chi connectivity index (χ0v) is 12.9. The Morgan fingerprint density at radius 2 is 2.17 bits per heavy atom. The minimum atomic E-state index is -0.647. The number of benzene rings is 1. The van der Waals surface area contributed by atoms with Gasteiger partial charge in [-0.1, -0.05) is 25.1 Å². The summed E-state index contributed by atoms with van der Waals surface area (Å²) in [7, 11) is 0. The second-order valence-corrected chi connectivity index (χ2v) is 5.49. The van der Waals surface area contributed by atoms with Gasteiger partial charge in [-0.25, -0.2) is 18.3 Å². The van der Waals surface area contributed by atoms with Crippen molar-refractivity contribution >= 4 is 6.09 Å². The Morgan fingerprint density at radius 1 is 1.39 bits per heavy atom. The van der Waals surface area contributed by atoms with Gasteiger partial charge in [0.1, 0.15) is 23.9 Å². The van der Waals surface area contributed by atoms with Gasteiger partial charge in [0.15, 0.2) is 0 Å². The molecule has 1 amide bonds. The second kappa shape index (κ2) is 7.66. The summed E-state index contributed by atoms with van der Waals surface area (Å²) in [5, 5.41) is 10.3. The number of rotatable bonds is 6. The zero-order valence-electron chi connectivity index (χ0n) is 12.9. The third-order valence-corrected chi connectivity index (χ3v) is 2.94. The van der Waals surface area contributed by atoms with Gasteiger partial charge < -0.3 is 10.1 Å². The molecule has 0 aliphatic carbocycles. The molecule has 23 heavy (non-hydrogen) atoms. The van der Waals surface area contributed by atoms with Crippen LogP contribution in [0.3, 0.4) is 0 Å². The first-order valence-electron chi connectivity index (χ1n) is 7.17. The second-order valence-electron chi connectivity index (χ2n) is 5.49. The summed E-state index contributed by atoms with van der Waals surface area (Å²) in [5.41, 5.74) is 0.727. The number of nitrogens with zero attached hydrogens (tertiary/aromatic N) is 3. The third kappa shape index (κ3) is 5.32. The predicted octanol–water partition coefficient (Wildman–Crippen LogP) is 2.49. The summed E-state index contributed by atoms with van der Waals surface area (Å²) in [6, 6.07) is 3.34. The van der Waals surface area contributed by atoms with Gasteiger partial charge in [-0.2, -0.15) is 0 Å². The first-order chi connectivity index (χ1) is 10.9. The molecule has 0 fully saturated rings. The van der Waals surface area contributed by atoms with Gasteiger partial charge >= 0.3 is 6.09 Å². The van der Waals surface area contributed by atoms with E-state index >= 15 is 0 Å². The van der Waals surface area contributed by atoms with Crippen LogP contribution in [-0.2, 0) is 17.9 Å². The van der Waals surface area contributed by atoms with E-state index in [0.717, 1.165) is 6.07 Å². The van der Waals surface area contributed by atoms with Crippen molar-refractivity contribution in [2.75, 3.05) is 6.54 Å². The predicted molar refractivity (Wildman–Crippen MR) is 78.5 cm³/mol. The maximum Gasteiger partial charge on any atom is 0.407 e. The van der Waals surface area contributed by atoms with Gasteiger partial charge in [0.05, 0.1) is 12.7 Å². The van der Waals surface area contributed by atoms with E-state index in [0.29, 0.717) is 23.7 Å². The van der Waals surface area contributed by atoms with Crippen LogP contribution in [0.4, 0.5) is 13.6 Å². The lowest BCUT2D eigenvalue weighted by molar-refractivity contribution is 0.137. The number of amides is 1. The van der Waals surface area contributed by atoms with Crippen LogP contribution in [0.5, 0.6) is 0 Å². The Morgan fingerprint density at radius 3 is 2.87 bits per heavy atom. The summed E-state index contributed by atoms with van der Waals surface area (Å²) in [4.78, 5) is 11.4. The van der Waals surface area contributed by atoms with Gasteiger partial charge in [-0.05, 0) is 12.0 Å². The third-order valence-electron chi connectivity index (χ3n) is 2.94. The molecule has 1 aromatic heterocycles. The molecule has 0 radical (unpaired) electrons. The lowest BCUT2D eigenvalue weighted by Gasteiger charge is -2.07. The highest BCUT2D eigenvalue weighted by Crippen LogP contribution is 2.11. The average molecular weight is 324 g/mol. The number of carbonyl (C=O) groups is 1. The molecule has 0 saturated carbocycles. The summed E-state index contributed by atoms with van der Waals surface area (Å²) in [6.07, 6.45) is 1.01. The quantitative estimate of drug-likeness (QED) is 0.886. The first-order valence-corrected chi connectivity index (χ1v) is 7.17. The fraction of sp³-hybridized carbons (Fsp3) is 0.400. The Kier molecular flexibility index (Phi) is 5.61. The Bertz CT molecular complexity index is 673. The number of hydrogen-bond donors (Lipinski definition) is 1. The summed E-state index contributed by atoms with van der Waals surface area (Å²) in [6.45, 7) is 4.55. The van der Waals surface area contributed by atoms with Crippen LogP contribution >= 0.6 is 0 Å². The topological polar surface area (TPSA) is 69.0 Å². The van der Waals surface area contributed by atoms with E-state index in [1.807, 2.05) is 13.8 Å². The summed E-state index contributed by atoms with van der Waals surface area (Å²) in [5.74, 6) is -0.952. The molecule has 0 bridgehead atoms. The number of nitrogens with one attached hydrogen (secondary N) is 1. The van der Waals surface area contributed by atoms with Crippen molar-refractivity contribution in [3.8, 4) is 0 Å². The van der Waals surface area contributed by atoms with E-state index in [4.69, 9.17) is 4.74 Å². The largest absolute Gasteiger partial charge is 0.443 e. The zero-order chi connectivity index (χ0) is 16.8. The van der Waals surface area contributed by atoms with Crippen LogP contribution in [0.15, 0.2) is 24.4 Å². The highest BCUT2D eigenvalue weighted by molar-refractivity contribution is 5.67. The van der Waals surface area contributed by atoms with Gasteiger partial charge in [0, 0.05) is 18.2 Å². The van der Waals surface area contributed by atoms with E-state index in [1.54, 1.807) is 6.20 Å². The molecule has 8 heteroatoms. The van der Waals surface area contributed by atoms with Crippen molar-refractivity contribution in [3.05, 3.63) is 47.3 Å². The number of ether oxygens (including phenoxy) is 1. The smallest absolute Gasteiger partial charge is 0.407 e. The molecule has 1 aromatic carbocycles. The minimum absolute atomic E-state index is 0.0319. The fourth-order valence-corrected chi connectivity index (χ4v) is 1.78. The van der Waals surface area contributed by atoms with Gasteiger partial charge in [0.25, 0.3) is 0 Å². The fourth-order valence-electron chi connectivity index (χ4n) is 1.78. The minimum Gasteiger partial charge on any atom is -0.443 e. The van der Waals surface area contributed by atoms with Crippen molar-refractivity contribution in [2.45, 2.75) is 27.0 Å². The van der Waals surface area contributed by atoms with Crippen LogP contribution in [0.25, 0.3) is 0 Å². The molecular formula is C15H18F2N4O2. The first kappa shape index (κ1) is 16.9. The maximum atomic E-state index is 13.6. The van der Waals surface area contributed by atoms with Crippen LogP contribution < -0.4 is 5.32 Å². The highest BCUT2D eigenvalue weighted by Gasteiger charge is 2.09. The summed E-state index contributed by atoms with van der Waals surface area (Å²) < 4.78 is 32.8. The van der Waals surface area contributed by atoms with Crippen LogP contribution in [-0.4, -0.2) is 27.6 Å². The SMILES string of the molecule is CC(C)CNC(=O)OCc1cn(Cc2ccc(F)cc2F)nn1. The molecule has 0 unspecified atom stereocenters. The maximum absolute atomic E-state index is 13.6. The van der Waals surface area contributed by atoms with E-state index in [-0.39, 0.29) is 13.2 Å². The molecular weight excluding hydrogens is 306 g/mol. The molecule has 124 valence electrons. The van der Waals surface area contributed by atoms with Crippen LogP contribution in [0, 0.1) is 17.6 Å². The van der Waals surface area contributed by atoms with Crippen molar-refractivity contribution in [2.24, 2.45) is 5.92 Å². The Balaban J connectivity index is 1.87. The molecule has 0 aliphatic rings. The molecule has 1 N–H and O–H groups in total. The molecule has 0 saturated heterocycles. The molecule has 0 aliphatic heterocycles. The van der Waals surface area contributed by atoms with Crippen molar-refractivity contribution in [1.29, 1.82) is 0 Å². The van der Waals surface area contributed by atoms with Crippen LogP contribution in [0.2, 0.25) is 0 Å². The van der Waals surface area contributed by atoms with Gasteiger partial charge in [-0.15, -0.1) is 5.10 Å². The van der Waals surface area contributed by atoms with Crippen molar-refractivity contribution < 1.29 is 18.3 Å². The number of hydrogen-bond acceptors (Lipinski definition) is 4. The highest BCUT2D eigenvalue weighted by atomic mass is 19.1. The molecule has 2 aromatic rings. The lowest BCUT2D eigenvalue weighted by atomic mass is 10.2. The Labute approximate surface area is 132 Å². The number of aromatic nitrogens is 3. The van der Waals surface area contributed by atoms with E-state index in [1.165, 1.54) is 16.8 Å². The number of halogens is 2. The van der Waals surface area contributed by atoms with Crippen molar-refractivity contribution in [1.82, 2.24) is 20.3 Å². The molecule has 1 heterocycles. The lowest BCUT2D eigenvalue weighted by Crippen LogP contribution is -2.27. The van der Waals surface area contributed by atoms with E-state index in [9.17, 15) is 13.6 Å². The molecule has 2 rings (SSSR count). The summed E-state index contributed by atoms with van der Waals surface area (Å²) >= 11 is 0. The molecule has 0 spiro atoms. The van der Waals surface area contributed by atoms with Gasteiger partial charge in [-0.3, -0.25) is 0 Å². The van der Waals surface area contributed by atoms with Crippen molar-refractivity contribution in [3.63, 3.8) is 0 Å². The molecule has 6 nitrogen and oxygen atoms in total. The Hall–Kier alpha value is -2.51. The molecule has 0 atom stereocenters. The van der Waals surface area contributed by atoms with E-state index in [2.05, 4.69) is 15.6 Å². The average Bonchev–Trinajstić information content (AvgIpc) is 2.93. The van der Waals surface area contributed by atoms with Crippen LogP contribution in [0.1, 0.15) is 25.1 Å². The monoisotopic (exact) mass is 324 g/mol. The van der Waals surface area contributed by atoms with Gasteiger partial charge in [0.2, 0.25) is 0 Å². The standard InChI is InChI=1S/C15H18F2N4O2/c1-10(2)6-18-15(22)23-9-13-8-21(20-19-13)7-11-3-4-12(16)5-14(11)17/h3-5,8,10H,6-7,9H2,1-2H3,(H,18,22).